The molecule has 1 aliphatic carbocycles. The number of sulfonamides is 1. The van der Waals surface area contributed by atoms with E-state index in [2.05, 4.69) is 5.32 Å². The largest absolute Gasteiger partial charge is 0.495 e. The fraction of sp³-hybridized carbons (Fsp3) is 0.611. The Hall–Kier alpha value is -2.40. The fourth-order valence-electron chi connectivity index (χ4n) is 3.16. The van der Waals surface area contributed by atoms with E-state index >= 15 is 0 Å². The quantitative estimate of drug-likeness (QED) is 0.323. The van der Waals surface area contributed by atoms with Crippen LogP contribution >= 0.6 is 0 Å². The van der Waals surface area contributed by atoms with Crippen molar-refractivity contribution in [2.45, 2.75) is 38.2 Å². The molecule has 0 saturated heterocycles. The smallest absolute Gasteiger partial charge is 0.271 e. The second-order valence-electron chi connectivity index (χ2n) is 6.86. The number of hydrogen-bond acceptors (Lipinski definition) is 7. The molecule has 10 nitrogen and oxygen atoms in total. The molecular weight excluding hydrogens is 402 g/mol. The predicted molar refractivity (Wildman–Crippen MR) is 108 cm³/mol. The lowest BCUT2D eigenvalue weighted by Gasteiger charge is -2.23. The highest BCUT2D eigenvalue weighted by Crippen LogP contribution is 2.33. The Kier molecular flexibility index (Phi) is 8.21. The van der Waals surface area contributed by atoms with E-state index in [-0.39, 0.29) is 17.1 Å². The van der Waals surface area contributed by atoms with E-state index in [1.165, 1.54) is 32.1 Å². The Balaban J connectivity index is 1.99. The first-order chi connectivity index (χ1) is 13.7. The van der Waals surface area contributed by atoms with Crippen molar-refractivity contribution in [1.29, 1.82) is 0 Å². The van der Waals surface area contributed by atoms with Gasteiger partial charge in [0, 0.05) is 25.3 Å². The van der Waals surface area contributed by atoms with Gasteiger partial charge in [0.1, 0.15) is 18.0 Å². The third-order valence-electron chi connectivity index (χ3n) is 4.63. The summed E-state index contributed by atoms with van der Waals surface area (Å²) in [5.74, 6) is -0.413. The average Bonchev–Trinajstić information content (AvgIpc) is 3.18. The van der Waals surface area contributed by atoms with Crippen molar-refractivity contribution in [3.05, 3.63) is 28.3 Å². The number of nitrogens with one attached hydrogen (secondary N) is 1. The molecule has 0 radical (unpaired) electrons. The van der Waals surface area contributed by atoms with Crippen LogP contribution in [0.15, 0.2) is 18.2 Å². The number of anilines is 1. The number of benzene rings is 1. The Bertz CT molecular complexity index is 823. The fourth-order valence-corrected chi connectivity index (χ4v) is 4.01. The molecule has 0 spiro atoms. The van der Waals surface area contributed by atoms with Gasteiger partial charge in [0.15, 0.2) is 0 Å². The molecule has 1 aromatic carbocycles. The second kappa shape index (κ2) is 10.4. The van der Waals surface area contributed by atoms with Crippen molar-refractivity contribution in [3.63, 3.8) is 0 Å². The van der Waals surface area contributed by atoms with Crippen LogP contribution in [-0.2, 0) is 19.6 Å². The van der Waals surface area contributed by atoms with Crippen LogP contribution in [-0.4, -0.2) is 58.4 Å². The third kappa shape index (κ3) is 6.86. The summed E-state index contributed by atoms with van der Waals surface area (Å²) < 4.78 is 36.1. The van der Waals surface area contributed by atoms with E-state index in [0.29, 0.717) is 25.7 Å². The molecule has 0 aromatic heterocycles. The molecule has 162 valence electrons. The van der Waals surface area contributed by atoms with E-state index in [9.17, 15) is 23.3 Å². The van der Waals surface area contributed by atoms with Crippen LogP contribution in [0.3, 0.4) is 0 Å². The van der Waals surface area contributed by atoms with Crippen LogP contribution < -0.4 is 14.4 Å². The Morgan fingerprint density at radius 2 is 2.03 bits per heavy atom. The summed E-state index contributed by atoms with van der Waals surface area (Å²) in [6.45, 7) is 0.356. The van der Waals surface area contributed by atoms with Crippen molar-refractivity contribution in [2.24, 2.45) is 0 Å². The zero-order chi connectivity index (χ0) is 21.4. The number of rotatable bonds is 11. The molecule has 0 bridgehead atoms. The molecule has 1 aliphatic rings. The molecule has 1 fully saturated rings. The molecule has 1 saturated carbocycles. The van der Waals surface area contributed by atoms with Crippen molar-refractivity contribution >= 4 is 27.3 Å². The molecule has 1 amide bonds. The summed E-state index contributed by atoms with van der Waals surface area (Å²) in [4.78, 5) is 22.7. The molecule has 0 atom stereocenters. The van der Waals surface area contributed by atoms with E-state index < -0.39 is 27.4 Å². The number of non-ortho nitro benzene ring substituents is 1. The third-order valence-corrected chi connectivity index (χ3v) is 5.75. The number of ether oxygens (including phenoxy) is 2. The molecule has 0 unspecified atom stereocenters. The summed E-state index contributed by atoms with van der Waals surface area (Å²) >= 11 is 0. The summed E-state index contributed by atoms with van der Waals surface area (Å²) in [7, 11) is -2.57. The monoisotopic (exact) mass is 429 g/mol. The number of hydrogen-bond donors (Lipinski definition) is 1. The standard InChI is InChI=1S/C18H27N3O7S/c1-27-17-9-8-14(21(23)24)12-16(17)20(29(2,25)26)13-18(22)19-10-5-11-28-15-6-3-4-7-15/h8-9,12,15H,3-7,10-11,13H2,1-2H3,(H,19,22). The van der Waals surface area contributed by atoms with Gasteiger partial charge in [0.2, 0.25) is 15.9 Å². The molecule has 11 heteroatoms. The number of nitrogens with zero attached hydrogens (tertiary/aromatic N) is 2. The number of nitro groups is 1. The van der Waals surface area contributed by atoms with E-state index in [0.717, 1.165) is 29.5 Å². The molecule has 0 aliphatic heterocycles. The normalized spacial score (nSPS) is 14.6. The Morgan fingerprint density at radius 3 is 2.62 bits per heavy atom. The maximum absolute atomic E-state index is 12.3. The van der Waals surface area contributed by atoms with Crippen molar-refractivity contribution in [2.75, 3.05) is 37.4 Å². The topological polar surface area (TPSA) is 128 Å². The minimum absolute atomic E-state index is 0.0658. The number of methoxy groups -OCH3 is 1. The van der Waals surface area contributed by atoms with Crippen LogP contribution in [0.5, 0.6) is 5.75 Å². The minimum atomic E-state index is -3.89. The summed E-state index contributed by atoms with van der Waals surface area (Å²) in [5.41, 5.74) is -0.372. The highest BCUT2D eigenvalue weighted by atomic mass is 32.2. The Morgan fingerprint density at radius 1 is 1.34 bits per heavy atom. The molecular formula is C18H27N3O7S. The number of nitro benzene ring substituents is 1. The first-order valence-electron chi connectivity index (χ1n) is 9.41. The second-order valence-corrected chi connectivity index (χ2v) is 8.77. The SMILES string of the molecule is COc1ccc([N+](=O)[O-])cc1N(CC(=O)NCCCOC1CCCC1)S(C)(=O)=O. The number of carbonyl (C=O) groups is 1. The van der Waals surface area contributed by atoms with Crippen LogP contribution in [0.1, 0.15) is 32.1 Å². The van der Waals surface area contributed by atoms with E-state index in [4.69, 9.17) is 9.47 Å². The van der Waals surface area contributed by atoms with Gasteiger partial charge >= 0.3 is 0 Å². The molecule has 1 aromatic rings. The lowest BCUT2D eigenvalue weighted by molar-refractivity contribution is -0.384. The predicted octanol–water partition coefficient (Wildman–Crippen LogP) is 1.83. The zero-order valence-electron chi connectivity index (χ0n) is 16.6. The van der Waals surface area contributed by atoms with Crippen LogP contribution in [0.2, 0.25) is 0 Å². The lowest BCUT2D eigenvalue weighted by Crippen LogP contribution is -2.41. The molecule has 2 rings (SSSR count). The van der Waals surface area contributed by atoms with Gasteiger partial charge in [-0.2, -0.15) is 0 Å². The van der Waals surface area contributed by atoms with Crippen LogP contribution in [0, 0.1) is 10.1 Å². The lowest BCUT2D eigenvalue weighted by atomic mass is 10.2. The van der Waals surface area contributed by atoms with Gasteiger partial charge in [0.25, 0.3) is 5.69 Å². The van der Waals surface area contributed by atoms with Crippen LogP contribution in [0.25, 0.3) is 0 Å². The highest BCUT2D eigenvalue weighted by Gasteiger charge is 2.26. The zero-order valence-corrected chi connectivity index (χ0v) is 17.4. The summed E-state index contributed by atoms with van der Waals surface area (Å²) in [6, 6.07) is 3.57. The maximum Gasteiger partial charge on any atom is 0.271 e. The van der Waals surface area contributed by atoms with Crippen molar-refractivity contribution in [1.82, 2.24) is 5.32 Å². The van der Waals surface area contributed by atoms with Crippen molar-refractivity contribution in [3.8, 4) is 5.75 Å². The van der Waals surface area contributed by atoms with E-state index in [1.807, 2.05) is 0 Å². The van der Waals surface area contributed by atoms with Gasteiger partial charge in [-0.05, 0) is 25.3 Å². The van der Waals surface area contributed by atoms with Crippen molar-refractivity contribution < 1.29 is 27.6 Å². The van der Waals surface area contributed by atoms with Gasteiger partial charge in [-0.1, -0.05) is 12.8 Å². The first-order valence-corrected chi connectivity index (χ1v) is 11.3. The maximum atomic E-state index is 12.3. The van der Waals surface area contributed by atoms with Gasteiger partial charge < -0.3 is 14.8 Å². The average molecular weight is 429 g/mol. The van der Waals surface area contributed by atoms with Gasteiger partial charge in [0.05, 0.1) is 24.4 Å². The number of carbonyl (C=O) groups excluding carboxylic acids is 1. The van der Waals surface area contributed by atoms with Gasteiger partial charge in [-0.3, -0.25) is 19.2 Å². The van der Waals surface area contributed by atoms with Gasteiger partial charge in [-0.25, -0.2) is 8.42 Å². The minimum Gasteiger partial charge on any atom is -0.495 e. The first kappa shape index (κ1) is 22.9. The molecule has 0 heterocycles. The Labute approximate surface area is 170 Å². The summed E-state index contributed by atoms with van der Waals surface area (Å²) in [5, 5.41) is 13.7. The van der Waals surface area contributed by atoms with E-state index in [1.54, 1.807) is 0 Å². The number of amides is 1. The highest BCUT2D eigenvalue weighted by molar-refractivity contribution is 7.92. The summed E-state index contributed by atoms with van der Waals surface area (Å²) in [6.07, 6.45) is 6.34. The van der Waals surface area contributed by atoms with Crippen LogP contribution in [0.4, 0.5) is 11.4 Å². The molecule has 29 heavy (non-hydrogen) atoms. The molecule has 1 N–H and O–H groups in total. The van der Waals surface area contributed by atoms with Gasteiger partial charge in [-0.15, -0.1) is 0 Å².